The fourth-order valence-corrected chi connectivity index (χ4v) is 4.01. The lowest BCUT2D eigenvalue weighted by Crippen LogP contribution is -2.60. The van der Waals surface area contributed by atoms with Crippen LogP contribution in [0.5, 0.6) is 5.75 Å². The topological polar surface area (TPSA) is 75.3 Å². The quantitative estimate of drug-likeness (QED) is 0.673. The van der Waals surface area contributed by atoms with Crippen molar-refractivity contribution < 1.29 is 26.8 Å². The number of hydrogen-bond acceptors (Lipinski definition) is 6. The average molecular weight is 422 g/mol. The van der Waals surface area contributed by atoms with Gasteiger partial charge in [-0.3, -0.25) is 4.90 Å². The van der Waals surface area contributed by atoms with Gasteiger partial charge in [-0.2, -0.15) is 13.2 Å². The van der Waals surface area contributed by atoms with Crippen molar-refractivity contribution in [2.75, 3.05) is 32.1 Å². The monoisotopic (exact) mass is 422 g/mol. The second-order valence-electron chi connectivity index (χ2n) is 7.40. The van der Waals surface area contributed by atoms with Gasteiger partial charge in [0.2, 0.25) is 0 Å². The highest BCUT2D eigenvalue weighted by Gasteiger charge is 2.41. The molecule has 10 heteroatoms. The lowest BCUT2D eigenvalue weighted by Gasteiger charge is -2.48. The number of likely N-dealkylation sites (tertiary alicyclic amines) is 1. The predicted molar refractivity (Wildman–Crippen MR) is 103 cm³/mol. The third-order valence-corrected chi connectivity index (χ3v) is 5.58. The Morgan fingerprint density at radius 1 is 1.30 bits per heavy atom. The molecule has 0 radical (unpaired) electrons. The Balaban J connectivity index is 1.45. The number of nitrogens with one attached hydrogen (secondary N) is 2. The number of benzene rings is 1. The van der Waals surface area contributed by atoms with E-state index in [1.54, 1.807) is 0 Å². The highest BCUT2D eigenvalue weighted by molar-refractivity contribution is 5.88. The fourth-order valence-electron chi connectivity index (χ4n) is 4.01. The van der Waals surface area contributed by atoms with Gasteiger partial charge < -0.3 is 19.8 Å². The summed E-state index contributed by atoms with van der Waals surface area (Å²) in [5, 5.41) is 3.52. The Kier molecular flexibility index (Phi) is 3.79. The van der Waals surface area contributed by atoms with E-state index in [1.165, 1.54) is 6.33 Å². The molecular weight excluding hydrogens is 399 g/mol. The number of hydrogen-bond donors (Lipinski definition) is 2. The zero-order valence-electron chi connectivity index (χ0n) is 18.6. The van der Waals surface area contributed by atoms with Crippen LogP contribution in [0.25, 0.3) is 11.0 Å². The Morgan fingerprint density at radius 3 is 2.93 bits per heavy atom. The zero-order chi connectivity index (χ0) is 23.4. The number of para-hydroxylation sites is 1. The maximum atomic E-state index is 13.2. The van der Waals surface area contributed by atoms with Crippen molar-refractivity contribution >= 4 is 16.9 Å². The summed E-state index contributed by atoms with van der Waals surface area (Å²) in [6.45, 7) is 1.10. The minimum atomic E-state index is -4.54. The van der Waals surface area contributed by atoms with Crippen LogP contribution in [-0.4, -0.2) is 58.7 Å². The summed E-state index contributed by atoms with van der Waals surface area (Å²) in [5.41, 5.74) is -0.00327. The van der Waals surface area contributed by atoms with Crippen LogP contribution in [0.15, 0.2) is 36.7 Å². The first-order chi connectivity index (χ1) is 15.6. The van der Waals surface area contributed by atoms with Gasteiger partial charge in [-0.25, -0.2) is 9.97 Å². The minimum Gasteiger partial charge on any atom is -0.491 e. The lowest BCUT2D eigenvalue weighted by molar-refractivity contribution is -0.140. The fraction of sp³-hybridized carbons (Fsp3) is 0.400. The van der Waals surface area contributed by atoms with Gasteiger partial charge in [-0.1, -0.05) is 18.2 Å². The van der Waals surface area contributed by atoms with Crippen LogP contribution in [-0.2, 0) is 10.9 Å². The van der Waals surface area contributed by atoms with Crippen molar-refractivity contribution in [3.63, 3.8) is 0 Å². The second kappa shape index (κ2) is 7.13. The number of nitrogens with zero attached hydrogens (tertiary/aromatic N) is 3. The van der Waals surface area contributed by atoms with Gasteiger partial charge in [0.05, 0.1) is 27.7 Å². The van der Waals surface area contributed by atoms with Crippen LogP contribution >= 0.6 is 0 Å². The molecule has 0 saturated carbocycles. The van der Waals surface area contributed by atoms with E-state index in [9.17, 15) is 13.2 Å². The van der Waals surface area contributed by atoms with Gasteiger partial charge in [0, 0.05) is 25.7 Å². The summed E-state index contributed by atoms with van der Waals surface area (Å²) in [6.07, 6.45) is -3.77. The number of alkyl halides is 3. The number of aromatic amines is 1. The third-order valence-electron chi connectivity index (χ3n) is 5.58. The van der Waals surface area contributed by atoms with Gasteiger partial charge >= 0.3 is 6.18 Å². The highest BCUT2D eigenvalue weighted by Crippen LogP contribution is 2.39. The number of anilines is 1. The van der Waals surface area contributed by atoms with Crippen molar-refractivity contribution in [2.45, 2.75) is 24.4 Å². The van der Waals surface area contributed by atoms with Gasteiger partial charge in [-0.15, -0.1) is 0 Å². The van der Waals surface area contributed by atoms with Crippen molar-refractivity contribution in [1.29, 1.82) is 0 Å². The average Bonchev–Trinajstić information content (AvgIpc) is 3.16. The first kappa shape index (κ1) is 15.9. The van der Waals surface area contributed by atoms with E-state index in [4.69, 9.17) is 13.6 Å². The number of aromatic nitrogens is 3. The summed E-state index contributed by atoms with van der Waals surface area (Å²) < 4.78 is 72.5. The van der Waals surface area contributed by atoms with Crippen LogP contribution in [0.4, 0.5) is 19.0 Å². The zero-order valence-corrected chi connectivity index (χ0v) is 15.6. The molecule has 2 aromatic heterocycles. The Labute approximate surface area is 174 Å². The van der Waals surface area contributed by atoms with E-state index in [0.29, 0.717) is 25.4 Å². The molecule has 158 valence electrons. The summed E-state index contributed by atoms with van der Waals surface area (Å²) in [6, 6.07) is 7.79. The number of ether oxygens (including phenoxy) is 2. The van der Waals surface area contributed by atoms with Crippen molar-refractivity contribution in [3.05, 3.63) is 47.9 Å². The molecule has 0 aliphatic carbocycles. The Bertz CT molecular complexity index is 1160. The molecule has 0 bridgehead atoms. The maximum absolute atomic E-state index is 13.2. The normalized spacial score (nSPS) is 24.3. The summed E-state index contributed by atoms with van der Waals surface area (Å²) in [7, 11) is -2.47. The molecule has 2 atom stereocenters. The van der Waals surface area contributed by atoms with Crippen LogP contribution < -0.4 is 10.1 Å². The first-order valence-electron chi connectivity index (χ1n) is 10.9. The predicted octanol–water partition coefficient (Wildman–Crippen LogP) is 3.22. The van der Waals surface area contributed by atoms with Crippen molar-refractivity contribution in [3.8, 4) is 5.75 Å². The molecule has 7 nitrogen and oxygen atoms in total. The molecular formula is C20H20F3N5O2. The van der Waals surface area contributed by atoms with Gasteiger partial charge in [0.25, 0.3) is 0 Å². The maximum Gasteiger partial charge on any atom is 0.431 e. The Morgan fingerprint density at radius 2 is 2.13 bits per heavy atom. The molecule has 5 rings (SSSR count). The van der Waals surface area contributed by atoms with Crippen molar-refractivity contribution in [2.24, 2.45) is 0 Å². The van der Waals surface area contributed by atoms with Crippen LogP contribution in [0.1, 0.15) is 21.4 Å². The molecule has 0 amide bonds. The van der Waals surface area contributed by atoms with Gasteiger partial charge in [-0.05, 0) is 12.1 Å². The lowest BCUT2D eigenvalue weighted by atomic mass is 9.92. The van der Waals surface area contributed by atoms with E-state index < -0.39 is 25.0 Å². The van der Waals surface area contributed by atoms with E-state index in [2.05, 4.69) is 20.3 Å². The molecule has 0 unspecified atom stereocenters. The number of fused-ring (bicyclic) bond motifs is 2. The number of methoxy groups -OCH3 is 1. The minimum absolute atomic E-state index is 0.0758. The SMILES string of the molecule is [2H]C([2H])([2H])OC1CN([C@@H]2COc3ccccc3[C@H]2Nc2ncnc3[nH]c(C(F)(F)F)cc23)C1. The molecule has 2 aliphatic heterocycles. The third kappa shape index (κ3) is 3.25. The van der Waals surface area contributed by atoms with Gasteiger partial charge in [0.15, 0.2) is 0 Å². The van der Waals surface area contributed by atoms with Crippen molar-refractivity contribution in [1.82, 2.24) is 19.9 Å². The van der Waals surface area contributed by atoms with E-state index >= 15 is 0 Å². The molecule has 3 aromatic rings. The smallest absolute Gasteiger partial charge is 0.431 e. The number of H-pyrrole nitrogens is 1. The van der Waals surface area contributed by atoms with E-state index in [0.717, 1.165) is 11.6 Å². The van der Waals surface area contributed by atoms with E-state index in [1.807, 2.05) is 29.2 Å². The Hall–Kier alpha value is -2.85. The number of halogens is 3. The summed E-state index contributed by atoms with van der Waals surface area (Å²) >= 11 is 0. The van der Waals surface area contributed by atoms with Crippen LogP contribution in [0.3, 0.4) is 0 Å². The summed E-state index contributed by atoms with van der Waals surface area (Å²) in [5.74, 6) is 0.923. The molecule has 2 aliphatic rings. The molecule has 1 saturated heterocycles. The molecule has 30 heavy (non-hydrogen) atoms. The first-order valence-corrected chi connectivity index (χ1v) is 9.39. The number of rotatable bonds is 4. The molecule has 2 N–H and O–H groups in total. The molecule has 0 spiro atoms. The molecule has 4 heterocycles. The summed E-state index contributed by atoms with van der Waals surface area (Å²) in [4.78, 5) is 12.5. The van der Waals surface area contributed by atoms with Crippen LogP contribution in [0.2, 0.25) is 0 Å². The molecule has 1 aromatic carbocycles. The van der Waals surface area contributed by atoms with Gasteiger partial charge in [0.1, 0.15) is 35.8 Å². The van der Waals surface area contributed by atoms with E-state index in [-0.39, 0.29) is 28.9 Å². The van der Waals surface area contributed by atoms with Crippen LogP contribution in [0, 0.1) is 0 Å². The largest absolute Gasteiger partial charge is 0.491 e. The standard InChI is InChI=1S/C20H20F3N5O2/c1-29-11-7-28(8-11)14-9-30-15-5-3-2-4-12(15)17(14)27-19-13-6-16(20(21,22)23)26-18(13)24-10-25-19/h2-6,10-11,14,17H,7-9H2,1H3,(H2,24,25,26,27)/t14-,17-/m1/s1/i1D3. The highest BCUT2D eigenvalue weighted by atomic mass is 19.4. The molecule has 1 fully saturated rings. The second-order valence-corrected chi connectivity index (χ2v) is 7.40.